The van der Waals surface area contributed by atoms with Crippen LogP contribution in [0.2, 0.25) is 0 Å². The fourth-order valence-electron chi connectivity index (χ4n) is 3.02. The van der Waals surface area contributed by atoms with Crippen LogP contribution in [0.3, 0.4) is 0 Å². The van der Waals surface area contributed by atoms with E-state index >= 15 is 0 Å². The normalized spacial score (nSPS) is 18.4. The minimum absolute atomic E-state index is 0.0144. The van der Waals surface area contributed by atoms with Crippen LogP contribution < -0.4 is 10.2 Å². The number of aromatic nitrogens is 2. The number of hydrogen-bond donors (Lipinski definition) is 1. The summed E-state index contributed by atoms with van der Waals surface area (Å²) in [6.07, 6.45) is 2.84. The lowest BCUT2D eigenvalue weighted by Crippen LogP contribution is -2.29. The van der Waals surface area contributed by atoms with Gasteiger partial charge in [0.2, 0.25) is 11.8 Å². The molecule has 2 heterocycles. The van der Waals surface area contributed by atoms with E-state index in [0.29, 0.717) is 12.4 Å². The highest BCUT2D eigenvalue weighted by Gasteiger charge is 2.35. The molecule has 3 rings (SSSR count). The Morgan fingerprint density at radius 1 is 1.32 bits per heavy atom. The predicted octanol–water partition coefficient (Wildman–Crippen LogP) is 3.15. The third-order valence-electron chi connectivity index (χ3n) is 4.77. The number of carbonyl (C=O) groups is 2. The molecular weight excluding hydrogens is 316 g/mol. The lowest BCUT2D eigenvalue weighted by molar-refractivity contribution is -0.122. The van der Waals surface area contributed by atoms with Gasteiger partial charge in [-0.15, -0.1) is 0 Å². The fraction of sp³-hybridized carbons (Fsp3) is 0.421. The number of benzene rings is 1. The van der Waals surface area contributed by atoms with Gasteiger partial charge in [-0.2, -0.15) is 5.10 Å². The number of aryl methyl sites for hydroxylation is 1. The molecule has 6 nitrogen and oxygen atoms in total. The highest BCUT2D eigenvalue weighted by Crippen LogP contribution is 2.26. The van der Waals surface area contributed by atoms with E-state index in [1.807, 2.05) is 35.9 Å². The zero-order valence-electron chi connectivity index (χ0n) is 14.9. The van der Waals surface area contributed by atoms with Crippen molar-refractivity contribution < 1.29 is 9.59 Å². The van der Waals surface area contributed by atoms with Crippen LogP contribution in [-0.4, -0.2) is 28.1 Å². The number of amides is 2. The fourth-order valence-corrected chi connectivity index (χ4v) is 3.02. The second-order valence-corrected chi connectivity index (χ2v) is 6.65. The highest BCUT2D eigenvalue weighted by molar-refractivity contribution is 6.03. The molecular formula is C19H24N4O2. The van der Waals surface area contributed by atoms with E-state index in [9.17, 15) is 9.59 Å². The van der Waals surface area contributed by atoms with Gasteiger partial charge in [0.1, 0.15) is 5.82 Å². The smallest absolute Gasteiger partial charge is 0.230 e. The maximum atomic E-state index is 12.6. The van der Waals surface area contributed by atoms with Crippen molar-refractivity contribution >= 4 is 23.3 Å². The molecule has 1 N–H and O–H groups in total. The Morgan fingerprint density at radius 2 is 2.04 bits per heavy atom. The Hall–Kier alpha value is -2.63. The molecule has 0 bridgehead atoms. The first-order valence-electron chi connectivity index (χ1n) is 8.71. The molecule has 0 radical (unpaired) electrons. The second-order valence-electron chi connectivity index (χ2n) is 6.65. The third kappa shape index (κ3) is 3.57. The van der Waals surface area contributed by atoms with Gasteiger partial charge < -0.3 is 10.2 Å². The first-order valence-corrected chi connectivity index (χ1v) is 8.71. The van der Waals surface area contributed by atoms with Crippen LogP contribution in [0, 0.1) is 12.8 Å². The number of nitrogens with one attached hydrogen (secondary N) is 1. The standard InChI is InChI=1S/C19H24N4O2/c1-4-14(3)23-17(9-10-20-23)21-19(25)15-11-18(24)22(12-15)16-7-5-13(2)6-8-16/h5-10,14-15H,4,11-12H2,1-3H3,(H,21,25). The maximum absolute atomic E-state index is 12.6. The van der Waals surface area contributed by atoms with Crippen molar-refractivity contribution in [3.63, 3.8) is 0 Å². The molecule has 1 saturated heterocycles. The third-order valence-corrected chi connectivity index (χ3v) is 4.77. The molecule has 132 valence electrons. The molecule has 2 unspecified atom stereocenters. The Bertz CT molecular complexity index is 766. The second kappa shape index (κ2) is 7.09. The Kier molecular flexibility index (Phi) is 4.88. The van der Waals surface area contributed by atoms with Gasteiger partial charge in [0, 0.05) is 24.7 Å². The summed E-state index contributed by atoms with van der Waals surface area (Å²) in [6, 6.07) is 9.79. The summed E-state index contributed by atoms with van der Waals surface area (Å²) in [4.78, 5) is 26.6. The van der Waals surface area contributed by atoms with Crippen molar-refractivity contribution in [1.82, 2.24) is 9.78 Å². The number of nitrogens with zero attached hydrogens (tertiary/aromatic N) is 3. The van der Waals surface area contributed by atoms with Crippen molar-refractivity contribution in [2.24, 2.45) is 5.92 Å². The molecule has 0 saturated carbocycles. The van der Waals surface area contributed by atoms with E-state index in [1.165, 1.54) is 0 Å². The van der Waals surface area contributed by atoms with Crippen molar-refractivity contribution in [1.29, 1.82) is 0 Å². The van der Waals surface area contributed by atoms with Crippen LogP contribution in [0.5, 0.6) is 0 Å². The Labute approximate surface area is 147 Å². The SMILES string of the molecule is CCC(C)n1nccc1NC(=O)C1CC(=O)N(c2ccc(C)cc2)C1. The van der Waals surface area contributed by atoms with E-state index in [1.54, 1.807) is 17.2 Å². The summed E-state index contributed by atoms with van der Waals surface area (Å²) < 4.78 is 1.81. The molecule has 6 heteroatoms. The Balaban J connectivity index is 1.69. The summed E-state index contributed by atoms with van der Waals surface area (Å²) in [7, 11) is 0. The van der Waals surface area contributed by atoms with Gasteiger partial charge in [-0.3, -0.25) is 9.59 Å². The van der Waals surface area contributed by atoms with E-state index < -0.39 is 0 Å². The topological polar surface area (TPSA) is 67.2 Å². The number of rotatable bonds is 5. The van der Waals surface area contributed by atoms with Gasteiger partial charge in [0.25, 0.3) is 0 Å². The molecule has 1 aromatic heterocycles. The van der Waals surface area contributed by atoms with Crippen LogP contribution in [-0.2, 0) is 9.59 Å². The van der Waals surface area contributed by atoms with Crippen LogP contribution in [0.15, 0.2) is 36.5 Å². The number of anilines is 2. The summed E-state index contributed by atoms with van der Waals surface area (Å²) in [6.45, 7) is 6.55. The molecule has 1 aliphatic rings. The average molecular weight is 340 g/mol. The molecule has 1 aromatic carbocycles. The minimum atomic E-state index is -0.353. The van der Waals surface area contributed by atoms with Crippen molar-refractivity contribution in [3.05, 3.63) is 42.1 Å². The van der Waals surface area contributed by atoms with Gasteiger partial charge in [0.15, 0.2) is 0 Å². The quantitative estimate of drug-likeness (QED) is 0.909. The number of carbonyl (C=O) groups excluding carboxylic acids is 2. The van der Waals surface area contributed by atoms with Crippen LogP contribution in [0.4, 0.5) is 11.5 Å². The van der Waals surface area contributed by atoms with Gasteiger partial charge in [-0.25, -0.2) is 4.68 Å². The molecule has 2 atom stereocenters. The predicted molar refractivity (Wildman–Crippen MR) is 97.5 cm³/mol. The van der Waals surface area contributed by atoms with Crippen LogP contribution >= 0.6 is 0 Å². The zero-order valence-corrected chi connectivity index (χ0v) is 14.9. The molecule has 2 amide bonds. The molecule has 2 aromatic rings. The lowest BCUT2D eigenvalue weighted by atomic mass is 10.1. The van der Waals surface area contributed by atoms with Crippen molar-refractivity contribution in [3.8, 4) is 0 Å². The van der Waals surface area contributed by atoms with Gasteiger partial charge in [-0.05, 0) is 32.4 Å². The first kappa shape index (κ1) is 17.2. The van der Waals surface area contributed by atoms with Gasteiger partial charge in [0.05, 0.1) is 18.2 Å². The van der Waals surface area contributed by atoms with Gasteiger partial charge >= 0.3 is 0 Å². The van der Waals surface area contributed by atoms with E-state index in [2.05, 4.69) is 24.3 Å². The Morgan fingerprint density at radius 3 is 2.72 bits per heavy atom. The largest absolute Gasteiger partial charge is 0.312 e. The number of hydrogen-bond acceptors (Lipinski definition) is 3. The average Bonchev–Trinajstić information content (AvgIpc) is 3.21. The molecule has 1 fully saturated rings. The minimum Gasteiger partial charge on any atom is -0.312 e. The summed E-state index contributed by atoms with van der Waals surface area (Å²) in [5, 5.41) is 7.21. The first-order chi connectivity index (χ1) is 12.0. The van der Waals surface area contributed by atoms with Crippen molar-refractivity contribution in [2.75, 3.05) is 16.8 Å². The molecule has 0 spiro atoms. The summed E-state index contributed by atoms with van der Waals surface area (Å²) in [5.41, 5.74) is 1.98. The molecule has 0 aliphatic carbocycles. The summed E-state index contributed by atoms with van der Waals surface area (Å²) in [5.74, 6) is 0.183. The zero-order chi connectivity index (χ0) is 18.0. The van der Waals surface area contributed by atoms with Crippen molar-refractivity contribution in [2.45, 2.75) is 39.7 Å². The highest BCUT2D eigenvalue weighted by atomic mass is 16.2. The maximum Gasteiger partial charge on any atom is 0.230 e. The molecule has 1 aliphatic heterocycles. The monoisotopic (exact) mass is 340 g/mol. The van der Waals surface area contributed by atoms with E-state index in [4.69, 9.17) is 0 Å². The summed E-state index contributed by atoms with van der Waals surface area (Å²) >= 11 is 0. The lowest BCUT2D eigenvalue weighted by Gasteiger charge is -2.18. The van der Waals surface area contributed by atoms with E-state index in [-0.39, 0.29) is 30.2 Å². The van der Waals surface area contributed by atoms with Crippen LogP contribution in [0.25, 0.3) is 0 Å². The van der Waals surface area contributed by atoms with Gasteiger partial charge in [-0.1, -0.05) is 24.6 Å². The van der Waals surface area contributed by atoms with Crippen LogP contribution in [0.1, 0.15) is 38.3 Å². The molecule has 25 heavy (non-hydrogen) atoms. The van der Waals surface area contributed by atoms with E-state index in [0.717, 1.165) is 17.7 Å².